The number of hydrogen-bond donors (Lipinski definition) is 2. The first-order valence-electron chi connectivity index (χ1n) is 7.74. The Kier molecular flexibility index (Phi) is 5.04. The Morgan fingerprint density at radius 3 is 2.50 bits per heavy atom. The van der Waals surface area contributed by atoms with Crippen molar-refractivity contribution in [2.75, 3.05) is 6.54 Å². The van der Waals surface area contributed by atoms with Gasteiger partial charge in [-0.15, -0.1) is 0 Å². The number of carbonyl (C=O) groups is 1. The topological polar surface area (TPSA) is 41.1 Å². The highest BCUT2D eigenvalue weighted by atomic mass is 16.2. The van der Waals surface area contributed by atoms with Crippen LogP contribution < -0.4 is 10.6 Å². The van der Waals surface area contributed by atoms with Crippen LogP contribution in [0.15, 0.2) is 0 Å². The average molecular weight is 252 g/mol. The molecule has 0 aromatic rings. The van der Waals surface area contributed by atoms with Gasteiger partial charge in [-0.1, -0.05) is 19.8 Å². The Morgan fingerprint density at radius 1 is 1.22 bits per heavy atom. The van der Waals surface area contributed by atoms with Crippen LogP contribution in [-0.2, 0) is 4.79 Å². The molecule has 1 saturated heterocycles. The molecule has 2 fully saturated rings. The highest BCUT2D eigenvalue weighted by Gasteiger charge is 2.31. The quantitative estimate of drug-likeness (QED) is 0.807. The largest absolute Gasteiger partial charge is 0.353 e. The Morgan fingerprint density at radius 2 is 1.94 bits per heavy atom. The van der Waals surface area contributed by atoms with E-state index in [4.69, 9.17) is 0 Å². The minimum Gasteiger partial charge on any atom is -0.353 e. The molecule has 0 bridgehead atoms. The van der Waals surface area contributed by atoms with Crippen LogP contribution in [0.4, 0.5) is 0 Å². The van der Waals surface area contributed by atoms with Gasteiger partial charge >= 0.3 is 0 Å². The lowest BCUT2D eigenvalue weighted by atomic mass is 9.83. The van der Waals surface area contributed by atoms with Gasteiger partial charge in [-0.05, 0) is 51.5 Å². The van der Waals surface area contributed by atoms with Gasteiger partial charge in [0.2, 0.25) is 5.91 Å². The van der Waals surface area contributed by atoms with Crippen molar-refractivity contribution in [3.8, 4) is 0 Å². The van der Waals surface area contributed by atoms with Gasteiger partial charge in [0.05, 0.1) is 5.92 Å². The molecule has 2 N–H and O–H groups in total. The molecule has 1 heterocycles. The molecule has 1 saturated carbocycles. The number of hydrogen-bond acceptors (Lipinski definition) is 2. The molecule has 3 nitrogen and oxygen atoms in total. The van der Waals surface area contributed by atoms with E-state index in [1.807, 2.05) is 0 Å². The third-order valence-corrected chi connectivity index (χ3v) is 4.75. The fraction of sp³-hybridized carbons (Fsp3) is 0.933. The molecule has 104 valence electrons. The highest BCUT2D eigenvalue weighted by Crippen LogP contribution is 2.28. The minimum absolute atomic E-state index is 0.193. The maximum Gasteiger partial charge on any atom is 0.224 e. The second-order valence-corrected chi connectivity index (χ2v) is 6.15. The van der Waals surface area contributed by atoms with E-state index in [1.165, 1.54) is 38.5 Å². The lowest BCUT2D eigenvalue weighted by Crippen LogP contribution is -2.43. The van der Waals surface area contributed by atoms with Crippen LogP contribution in [0.25, 0.3) is 0 Å². The first-order chi connectivity index (χ1) is 8.70. The van der Waals surface area contributed by atoms with E-state index < -0.39 is 0 Å². The fourth-order valence-electron chi connectivity index (χ4n) is 3.53. The molecule has 1 aliphatic carbocycles. The summed E-state index contributed by atoms with van der Waals surface area (Å²) in [7, 11) is 0. The van der Waals surface area contributed by atoms with Crippen molar-refractivity contribution in [2.45, 2.75) is 70.9 Å². The second kappa shape index (κ2) is 6.55. The minimum atomic E-state index is 0.193. The highest BCUT2D eigenvalue weighted by molar-refractivity contribution is 5.80. The van der Waals surface area contributed by atoms with E-state index in [0.29, 0.717) is 12.1 Å². The van der Waals surface area contributed by atoms with Crippen LogP contribution in [0.5, 0.6) is 0 Å². The third-order valence-electron chi connectivity index (χ3n) is 4.75. The van der Waals surface area contributed by atoms with Crippen LogP contribution in [0.3, 0.4) is 0 Å². The zero-order chi connectivity index (χ0) is 13.0. The van der Waals surface area contributed by atoms with Gasteiger partial charge in [0.25, 0.3) is 0 Å². The van der Waals surface area contributed by atoms with Crippen molar-refractivity contribution in [3.63, 3.8) is 0 Å². The lowest BCUT2D eigenvalue weighted by molar-refractivity contribution is -0.126. The van der Waals surface area contributed by atoms with Crippen molar-refractivity contribution in [2.24, 2.45) is 11.8 Å². The summed E-state index contributed by atoms with van der Waals surface area (Å²) in [5.41, 5.74) is 0. The molecule has 0 aromatic carbocycles. The molecule has 0 aromatic heterocycles. The van der Waals surface area contributed by atoms with Gasteiger partial charge in [0.1, 0.15) is 0 Å². The second-order valence-electron chi connectivity index (χ2n) is 6.15. The Hall–Kier alpha value is -0.570. The van der Waals surface area contributed by atoms with E-state index in [9.17, 15) is 4.79 Å². The molecule has 1 aliphatic heterocycles. The van der Waals surface area contributed by atoms with Gasteiger partial charge in [0, 0.05) is 12.1 Å². The molecule has 3 heteroatoms. The zero-order valence-corrected chi connectivity index (χ0v) is 11.9. The molecule has 18 heavy (non-hydrogen) atoms. The smallest absolute Gasteiger partial charge is 0.224 e. The molecule has 2 unspecified atom stereocenters. The monoisotopic (exact) mass is 252 g/mol. The average Bonchev–Trinajstić information content (AvgIpc) is 2.78. The fourth-order valence-corrected chi connectivity index (χ4v) is 3.53. The van der Waals surface area contributed by atoms with Crippen LogP contribution in [0, 0.1) is 11.8 Å². The van der Waals surface area contributed by atoms with E-state index in [-0.39, 0.29) is 11.8 Å². The summed E-state index contributed by atoms with van der Waals surface area (Å²) in [5, 5.41) is 6.63. The van der Waals surface area contributed by atoms with Crippen molar-refractivity contribution in [1.29, 1.82) is 0 Å². The summed E-state index contributed by atoms with van der Waals surface area (Å²) in [5.74, 6) is 1.39. The van der Waals surface area contributed by atoms with E-state index in [1.54, 1.807) is 0 Å². The van der Waals surface area contributed by atoms with E-state index >= 15 is 0 Å². The zero-order valence-electron chi connectivity index (χ0n) is 11.9. The lowest BCUT2D eigenvalue weighted by Gasteiger charge is -2.30. The van der Waals surface area contributed by atoms with Crippen LogP contribution in [-0.4, -0.2) is 24.5 Å². The molecular weight excluding hydrogens is 224 g/mol. The molecule has 2 rings (SSSR count). The summed E-state index contributed by atoms with van der Waals surface area (Å²) in [6, 6.07) is 0.792. The van der Waals surface area contributed by atoms with Crippen molar-refractivity contribution < 1.29 is 4.79 Å². The van der Waals surface area contributed by atoms with Crippen molar-refractivity contribution in [1.82, 2.24) is 10.6 Å². The Balaban J connectivity index is 1.72. The molecular formula is C15H28N2O. The van der Waals surface area contributed by atoms with Crippen LogP contribution in [0.1, 0.15) is 58.8 Å². The molecule has 0 radical (unpaired) electrons. The normalized spacial score (nSPS) is 36.6. The van der Waals surface area contributed by atoms with E-state index in [0.717, 1.165) is 18.9 Å². The number of nitrogens with one attached hydrogen (secondary N) is 2. The van der Waals surface area contributed by atoms with Crippen molar-refractivity contribution >= 4 is 5.91 Å². The summed E-state index contributed by atoms with van der Waals surface area (Å²) in [6.07, 6.45) is 8.64. The first-order valence-corrected chi connectivity index (χ1v) is 7.74. The van der Waals surface area contributed by atoms with Gasteiger partial charge in [-0.25, -0.2) is 0 Å². The molecule has 2 atom stereocenters. The Labute approximate surface area is 111 Å². The number of amides is 1. The van der Waals surface area contributed by atoms with Crippen molar-refractivity contribution in [3.05, 3.63) is 0 Å². The summed E-state index contributed by atoms with van der Waals surface area (Å²) < 4.78 is 0. The molecule has 2 aliphatic rings. The Bertz CT molecular complexity index is 272. The van der Waals surface area contributed by atoms with Gasteiger partial charge in [-0.3, -0.25) is 4.79 Å². The van der Waals surface area contributed by atoms with Gasteiger partial charge in [0.15, 0.2) is 0 Å². The number of rotatable bonds is 4. The summed E-state index contributed by atoms with van der Waals surface area (Å²) in [4.78, 5) is 12.2. The third kappa shape index (κ3) is 3.47. The first kappa shape index (κ1) is 13.9. The standard InChI is InChI=1S/C15H28N2O/c1-3-4-12-5-7-13(8-6-12)17-15(18)14-9-10-16-11(14)2/h11-14,16H,3-10H2,1-2H3,(H,17,18). The molecule has 0 spiro atoms. The van der Waals surface area contributed by atoms with Gasteiger partial charge < -0.3 is 10.6 Å². The predicted molar refractivity (Wildman–Crippen MR) is 74.4 cm³/mol. The number of carbonyl (C=O) groups excluding carboxylic acids is 1. The molecule has 1 amide bonds. The van der Waals surface area contributed by atoms with Gasteiger partial charge in [-0.2, -0.15) is 0 Å². The summed E-state index contributed by atoms with van der Waals surface area (Å²) >= 11 is 0. The summed E-state index contributed by atoms with van der Waals surface area (Å²) in [6.45, 7) is 5.38. The van der Waals surface area contributed by atoms with E-state index in [2.05, 4.69) is 24.5 Å². The predicted octanol–water partition coefficient (Wildman–Crippen LogP) is 2.46. The maximum absolute atomic E-state index is 12.2. The maximum atomic E-state index is 12.2. The van der Waals surface area contributed by atoms with Crippen LogP contribution >= 0.6 is 0 Å². The SMILES string of the molecule is CCCC1CCC(NC(=O)C2CCNC2C)CC1. The van der Waals surface area contributed by atoms with Crippen LogP contribution in [0.2, 0.25) is 0 Å².